The van der Waals surface area contributed by atoms with Crippen LogP contribution in [0.2, 0.25) is 0 Å². The van der Waals surface area contributed by atoms with Crippen LogP contribution in [0.4, 0.5) is 4.39 Å². The standard InChI is InChI=1S/C22H20FNO4/c23-19-9-5-4-8-18(19)20-12-10-17(28-20)11-13-21(25)24-14-22(26)27-15-16-6-2-1-3-7-16/h1-10,12H,11,13-15H2,(H,24,25). The molecule has 2 aromatic carbocycles. The molecule has 1 amide bonds. The van der Waals surface area contributed by atoms with E-state index in [2.05, 4.69) is 5.32 Å². The first-order valence-electron chi connectivity index (χ1n) is 8.91. The van der Waals surface area contributed by atoms with E-state index in [0.29, 0.717) is 23.5 Å². The number of ether oxygens (including phenoxy) is 1. The Hall–Kier alpha value is -3.41. The maximum Gasteiger partial charge on any atom is 0.325 e. The lowest BCUT2D eigenvalue weighted by atomic mass is 10.1. The van der Waals surface area contributed by atoms with Crippen molar-refractivity contribution >= 4 is 11.9 Å². The van der Waals surface area contributed by atoms with Crippen LogP contribution >= 0.6 is 0 Å². The molecule has 0 aliphatic heterocycles. The molecule has 1 N–H and O–H groups in total. The van der Waals surface area contributed by atoms with Gasteiger partial charge in [-0.3, -0.25) is 9.59 Å². The zero-order valence-corrected chi connectivity index (χ0v) is 15.2. The quantitative estimate of drug-likeness (QED) is 0.602. The van der Waals surface area contributed by atoms with Crippen molar-refractivity contribution in [2.24, 2.45) is 0 Å². The van der Waals surface area contributed by atoms with Crippen LogP contribution in [0.15, 0.2) is 71.1 Å². The number of hydrogen-bond acceptors (Lipinski definition) is 4. The summed E-state index contributed by atoms with van der Waals surface area (Å²) in [5, 5.41) is 2.52. The monoisotopic (exact) mass is 381 g/mol. The second-order valence-electron chi connectivity index (χ2n) is 6.17. The first-order valence-corrected chi connectivity index (χ1v) is 8.91. The van der Waals surface area contributed by atoms with Gasteiger partial charge in [0.2, 0.25) is 5.91 Å². The minimum Gasteiger partial charge on any atom is -0.461 e. The van der Waals surface area contributed by atoms with E-state index in [0.717, 1.165) is 5.56 Å². The van der Waals surface area contributed by atoms with Crippen LogP contribution in [0.1, 0.15) is 17.7 Å². The van der Waals surface area contributed by atoms with Crippen molar-refractivity contribution in [2.75, 3.05) is 6.54 Å². The number of esters is 1. The van der Waals surface area contributed by atoms with Crippen molar-refractivity contribution in [3.63, 3.8) is 0 Å². The van der Waals surface area contributed by atoms with Crippen LogP contribution in [0, 0.1) is 5.82 Å². The molecule has 1 aromatic heterocycles. The number of carbonyl (C=O) groups is 2. The van der Waals surface area contributed by atoms with Gasteiger partial charge in [0.15, 0.2) is 0 Å². The predicted molar refractivity (Wildman–Crippen MR) is 102 cm³/mol. The summed E-state index contributed by atoms with van der Waals surface area (Å²) in [6.07, 6.45) is 0.496. The molecule has 1 heterocycles. The second kappa shape index (κ2) is 9.50. The Labute approximate surface area is 162 Å². The molecule has 28 heavy (non-hydrogen) atoms. The predicted octanol–water partition coefficient (Wildman–Crippen LogP) is 3.88. The summed E-state index contributed by atoms with van der Waals surface area (Å²) in [5.74, 6) is -0.175. The fourth-order valence-corrected chi connectivity index (χ4v) is 2.60. The highest BCUT2D eigenvalue weighted by Gasteiger charge is 2.11. The highest BCUT2D eigenvalue weighted by molar-refractivity contribution is 5.82. The highest BCUT2D eigenvalue weighted by Crippen LogP contribution is 2.25. The maximum absolute atomic E-state index is 13.8. The summed E-state index contributed by atoms with van der Waals surface area (Å²) in [6.45, 7) is -0.0228. The van der Waals surface area contributed by atoms with E-state index in [1.807, 2.05) is 30.3 Å². The fraction of sp³-hybridized carbons (Fsp3) is 0.182. The van der Waals surface area contributed by atoms with Crippen LogP contribution < -0.4 is 5.32 Å². The lowest BCUT2D eigenvalue weighted by Gasteiger charge is -2.06. The molecular formula is C22H20FNO4. The van der Waals surface area contributed by atoms with Gasteiger partial charge in [0.1, 0.15) is 30.5 Å². The molecule has 6 heteroatoms. The normalized spacial score (nSPS) is 10.5. The van der Waals surface area contributed by atoms with Gasteiger partial charge in [0.25, 0.3) is 0 Å². The summed E-state index contributed by atoms with van der Waals surface area (Å²) in [5.41, 5.74) is 1.25. The molecule has 3 aromatic rings. The van der Waals surface area contributed by atoms with Crippen molar-refractivity contribution in [2.45, 2.75) is 19.4 Å². The number of halogens is 1. The Bertz CT molecular complexity index is 936. The average molecular weight is 381 g/mol. The SMILES string of the molecule is O=C(CCc1ccc(-c2ccccc2F)o1)NCC(=O)OCc1ccccc1. The Morgan fingerprint density at radius 1 is 0.964 bits per heavy atom. The van der Waals surface area contributed by atoms with Crippen molar-refractivity contribution in [1.82, 2.24) is 5.32 Å². The Balaban J connectivity index is 1.40. The Morgan fingerprint density at radius 2 is 1.71 bits per heavy atom. The molecule has 3 rings (SSSR count). The van der Waals surface area contributed by atoms with Gasteiger partial charge >= 0.3 is 5.97 Å². The molecule has 0 bridgehead atoms. The zero-order chi connectivity index (χ0) is 19.8. The van der Waals surface area contributed by atoms with Crippen LogP contribution in [-0.2, 0) is 27.4 Å². The number of rotatable bonds is 8. The first-order chi connectivity index (χ1) is 13.6. The van der Waals surface area contributed by atoms with Crippen LogP contribution in [-0.4, -0.2) is 18.4 Å². The van der Waals surface area contributed by atoms with E-state index in [9.17, 15) is 14.0 Å². The molecule has 0 aliphatic rings. The molecule has 0 saturated heterocycles. The van der Waals surface area contributed by atoms with Gasteiger partial charge in [0.05, 0.1) is 5.56 Å². The molecule has 0 atom stereocenters. The van der Waals surface area contributed by atoms with Gasteiger partial charge in [-0.1, -0.05) is 42.5 Å². The van der Waals surface area contributed by atoms with Crippen molar-refractivity contribution in [1.29, 1.82) is 0 Å². The van der Waals surface area contributed by atoms with Gasteiger partial charge in [0, 0.05) is 12.8 Å². The van der Waals surface area contributed by atoms with Crippen LogP contribution in [0.25, 0.3) is 11.3 Å². The molecule has 0 unspecified atom stereocenters. The van der Waals surface area contributed by atoms with Crippen molar-refractivity contribution < 1.29 is 23.1 Å². The average Bonchev–Trinajstić information content (AvgIpc) is 3.19. The second-order valence-corrected chi connectivity index (χ2v) is 6.17. The summed E-state index contributed by atoms with van der Waals surface area (Å²) in [7, 11) is 0. The third kappa shape index (κ3) is 5.54. The van der Waals surface area contributed by atoms with E-state index < -0.39 is 5.97 Å². The largest absolute Gasteiger partial charge is 0.461 e. The van der Waals surface area contributed by atoms with Crippen molar-refractivity contribution in [3.8, 4) is 11.3 Å². The third-order valence-electron chi connectivity index (χ3n) is 4.07. The summed E-state index contributed by atoms with van der Waals surface area (Å²) in [6, 6.07) is 19.0. The number of benzene rings is 2. The van der Waals surface area contributed by atoms with Crippen LogP contribution in [0.3, 0.4) is 0 Å². The van der Waals surface area contributed by atoms with E-state index in [1.165, 1.54) is 6.07 Å². The van der Waals surface area contributed by atoms with Crippen LogP contribution in [0.5, 0.6) is 0 Å². The molecule has 5 nitrogen and oxygen atoms in total. The van der Waals surface area contributed by atoms with E-state index in [-0.39, 0.29) is 31.3 Å². The summed E-state index contributed by atoms with van der Waals surface area (Å²) < 4.78 is 24.5. The topological polar surface area (TPSA) is 68.5 Å². The number of nitrogens with one attached hydrogen (secondary N) is 1. The molecule has 0 saturated carbocycles. The molecule has 144 valence electrons. The smallest absolute Gasteiger partial charge is 0.325 e. The highest BCUT2D eigenvalue weighted by atomic mass is 19.1. The number of furan rings is 1. The molecule has 0 fully saturated rings. The number of amides is 1. The van der Waals surface area contributed by atoms with Gasteiger partial charge in [-0.15, -0.1) is 0 Å². The lowest BCUT2D eigenvalue weighted by molar-refractivity contribution is -0.145. The molecular weight excluding hydrogens is 361 g/mol. The minimum absolute atomic E-state index is 0.149. The van der Waals surface area contributed by atoms with E-state index >= 15 is 0 Å². The number of aryl methyl sites for hydroxylation is 1. The molecule has 0 radical (unpaired) electrons. The van der Waals surface area contributed by atoms with E-state index in [4.69, 9.17) is 9.15 Å². The first kappa shape index (κ1) is 19.4. The zero-order valence-electron chi connectivity index (χ0n) is 15.2. The van der Waals surface area contributed by atoms with Gasteiger partial charge in [-0.2, -0.15) is 0 Å². The third-order valence-corrected chi connectivity index (χ3v) is 4.07. The van der Waals surface area contributed by atoms with Crippen molar-refractivity contribution in [3.05, 3.63) is 83.9 Å². The number of hydrogen-bond donors (Lipinski definition) is 1. The minimum atomic E-state index is -0.503. The van der Waals surface area contributed by atoms with Gasteiger partial charge < -0.3 is 14.5 Å². The summed E-state index contributed by atoms with van der Waals surface area (Å²) >= 11 is 0. The molecule has 0 aliphatic carbocycles. The Kier molecular flexibility index (Phi) is 6.57. The lowest BCUT2D eigenvalue weighted by Crippen LogP contribution is -2.30. The fourth-order valence-electron chi connectivity index (χ4n) is 2.60. The van der Waals surface area contributed by atoms with E-state index in [1.54, 1.807) is 30.3 Å². The number of carbonyl (C=O) groups excluding carboxylic acids is 2. The summed E-state index contributed by atoms with van der Waals surface area (Å²) in [4.78, 5) is 23.6. The van der Waals surface area contributed by atoms with Gasteiger partial charge in [-0.05, 0) is 29.8 Å². The maximum atomic E-state index is 13.8. The Morgan fingerprint density at radius 3 is 2.50 bits per heavy atom. The van der Waals surface area contributed by atoms with Gasteiger partial charge in [-0.25, -0.2) is 4.39 Å². The molecule has 0 spiro atoms.